The standard InChI is InChI=1S/C17H20N2O/c18-15-10-14-8-4-5-9-16(14)19(11-15)12-17(20)13-6-2-1-3-7-13/h1-9,15,17,20H,10-12,18H2. The molecule has 2 aromatic rings. The van der Waals surface area contributed by atoms with Crippen molar-refractivity contribution in [2.75, 3.05) is 18.0 Å². The van der Waals surface area contributed by atoms with Gasteiger partial charge in [-0.1, -0.05) is 48.5 Å². The van der Waals surface area contributed by atoms with Gasteiger partial charge in [-0.2, -0.15) is 0 Å². The van der Waals surface area contributed by atoms with Crippen LogP contribution >= 0.6 is 0 Å². The van der Waals surface area contributed by atoms with Gasteiger partial charge in [0.2, 0.25) is 0 Å². The average Bonchev–Trinajstić information content (AvgIpc) is 2.48. The van der Waals surface area contributed by atoms with Gasteiger partial charge in [0.05, 0.1) is 6.10 Å². The summed E-state index contributed by atoms with van der Waals surface area (Å²) in [5.41, 5.74) is 9.55. The highest BCUT2D eigenvalue weighted by Gasteiger charge is 2.23. The van der Waals surface area contributed by atoms with Crippen molar-refractivity contribution in [3.63, 3.8) is 0 Å². The number of benzene rings is 2. The summed E-state index contributed by atoms with van der Waals surface area (Å²) >= 11 is 0. The van der Waals surface area contributed by atoms with Gasteiger partial charge in [0.25, 0.3) is 0 Å². The second kappa shape index (κ2) is 5.65. The SMILES string of the molecule is NC1Cc2ccccc2N(CC(O)c2ccccc2)C1. The van der Waals surface area contributed by atoms with E-state index in [1.807, 2.05) is 42.5 Å². The molecule has 3 nitrogen and oxygen atoms in total. The number of fused-ring (bicyclic) bond motifs is 1. The van der Waals surface area contributed by atoms with Gasteiger partial charge in [0.15, 0.2) is 0 Å². The zero-order chi connectivity index (χ0) is 13.9. The Kier molecular flexibility index (Phi) is 3.72. The van der Waals surface area contributed by atoms with Gasteiger partial charge in [0, 0.05) is 24.8 Å². The van der Waals surface area contributed by atoms with Crippen LogP contribution in [0.1, 0.15) is 17.2 Å². The summed E-state index contributed by atoms with van der Waals surface area (Å²) in [4.78, 5) is 2.20. The van der Waals surface area contributed by atoms with Crippen molar-refractivity contribution in [3.8, 4) is 0 Å². The highest BCUT2D eigenvalue weighted by Crippen LogP contribution is 2.28. The molecule has 0 aromatic heterocycles. The minimum Gasteiger partial charge on any atom is -0.387 e. The number of aliphatic hydroxyl groups is 1. The van der Waals surface area contributed by atoms with E-state index in [-0.39, 0.29) is 6.04 Å². The lowest BCUT2D eigenvalue weighted by Crippen LogP contribution is -2.44. The molecule has 3 heteroatoms. The Morgan fingerprint density at radius 2 is 1.80 bits per heavy atom. The molecule has 0 amide bonds. The topological polar surface area (TPSA) is 49.5 Å². The normalized spacial score (nSPS) is 19.5. The van der Waals surface area contributed by atoms with Gasteiger partial charge >= 0.3 is 0 Å². The van der Waals surface area contributed by atoms with Crippen LogP contribution in [0.15, 0.2) is 54.6 Å². The van der Waals surface area contributed by atoms with Gasteiger partial charge in [-0.05, 0) is 23.6 Å². The van der Waals surface area contributed by atoms with Gasteiger partial charge < -0.3 is 15.7 Å². The Balaban J connectivity index is 1.81. The van der Waals surface area contributed by atoms with E-state index < -0.39 is 6.10 Å². The first kappa shape index (κ1) is 13.2. The summed E-state index contributed by atoms with van der Waals surface area (Å²) in [5, 5.41) is 10.4. The Bertz CT molecular complexity index is 570. The molecule has 0 radical (unpaired) electrons. The minimum atomic E-state index is -0.491. The van der Waals surface area contributed by atoms with Crippen LogP contribution in [0.5, 0.6) is 0 Å². The lowest BCUT2D eigenvalue weighted by molar-refractivity contribution is 0.182. The maximum atomic E-state index is 10.4. The van der Waals surface area contributed by atoms with E-state index in [1.165, 1.54) is 11.3 Å². The van der Waals surface area contributed by atoms with Crippen LogP contribution in [0.3, 0.4) is 0 Å². The first-order valence-corrected chi connectivity index (χ1v) is 7.05. The maximum Gasteiger partial charge on any atom is 0.0964 e. The van der Waals surface area contributed by atoms with Crippen molar-refractivity contribution in [2.24, 2.45) is 5.73 Å². The number of anilines is 1. The molecular formula is C17H20N2O. The largest absolute Gasteiger partial charge is 0.387 e. The summed E-state index contributed by atoms with van der Waals surface area (Å²) in [6.45, 7) is 1.37. The van der Waals surface area contributed by atoms with Crippen LogP contribution in [-0.2, 0) is 6.42 Å². The maximum absolute atomic E-state index is 10.4. The summed E-state index contributed by atoms with van der Waals surface area (Å²) < 4.78 is 0. The fraction of sp³-hybridized carbons (Fsp3) is 0.294. The number of hydrogen-bond acceptors (Lipinski definition) is 3. The molecule has 3 rings (SSSR count). The molecule has 0 fully saturated rings. The number of aliphatic hydroxyl groups excluding tert-OH is 1. The third-order valence-corrected chi connectivity index (χ3v) is 3.85. The molecule has 0 aliphatic carbocycles. The molecule has 2 aromatic carbocycles. The fourth-order valence-corrected chi connectivity index (χ4v) is 2.88. The first-order valence-electron chi connectivity index (χ1n) is 7.05. The molecule has 1 aliphatic heterocycles. The number of para-hydroxylation sites is 1. The molecule has 104 valence electrons. The van der Waals surface area contributed by atoms with E-state index in [2.05, 4.69) is 17.0 Å². The second-order valence-corrected chi connectivity index (χ2v) is 5.42. The average molecular weight is 268 g/mol. The van der Waals surface area contributed by atoms with Crippen LogP contribution in [0, 0.1) is 0 Å². The highest BCUT2D eigenvalue weighted by atomic mass is 16.3. The number of nitrogens with zero attached hydrogens (tertiary/aromatic N) is 1. The monoisotopic (exact) mass is 268 g/mol. The van der Waals surface area contributed by atoms with Crippen LogP contribution < -0.4 is 10.6 Å². The molecular weight excluding hydrogens is 248 g/mol. The molecule has 2 atom stereocenters. The quantitative estimate of drug-likeness (QED) is 0.896. The zero-order valence-electron chi connectivity index (χ0n) is 11.4. The molecule has 3 N–H and O–H groups in total. The summed E-state index contributed by atoms with van der Waals surface area (Å²) in [6.07, 6.45) is 0.420. The Hall–Kier alpha value is -1.84. The summed E-state index contributed by atoms with van der Waals surface area (Å²) in [6, 6.07) is 18.2. The van der Waals surface area contributed by atoms with Crippen molar-refractivity contribution >= 4 is 5.69 Å². The van der Waals surface area contributed by atoms with E-state index >= 15 is 0 Å². The minimum absolute atomic E-state index is 0.132. The summed E-state index contributed by atoms with van der Waals surface area (Å²) in [7, 11) is 0. The van der Waals surface area contributed by atoms with Gasteiger partial charge in [-0.15, -0.1) is 0 Å². The Morgan fingerprint density at radius 3 is 2.60 bits per heavy atom. The van der Waals surface area contributed by atoms with Gasteiger partial charge in [-0.3, -0.25) is 0 Å². The molecule has 20 heavy (non-hydrogen) atoms. The third kappa shape index (κ3) is 2.69. The highest BCUT2D eigenvalue weighted by molar-refractivity contribution is 5.56. The Labute approximate surface area is 119 Å². The van der Waals surface area contributed by atoms with Crippen molar-refractivity contribution in [3.05, 3.63) is 65.7 Å². The molecule has 0 bridgehead atoms. The second-order valence-electron chi connectivity index (χ2n) is 5.42. The van der Waals surface area contributed by atoms with Crippen molar-refractivity contribution < 1.29 is 5.11 Å². The van der Waals surface area contributed by atoms with Gasteiger partial charge in [0.1, 0.15) is 0 Å². The molecule has 0 saturated carbocycles. The van der Waals surface area contributed by atoms with Crippen LogP contribution in [0.4, 0.5) is 5.69 Å². The number of β-amino-alcohol motifs (C(OH)–C–C–N with tert-alkyl or cyclic N) is 1. The van der Waals surface area contributed by atoms with Crippen LogP contribution in [-0.4, -0.2) is 24.2 Å². The molecule has 1 aliphatic rings. The molecule has 0 spiro atoms. The predicted octanol–water partition coefficient (Wildman–Crippen LogP) is 2.11. The number of nitrogens with two attached hydrogens (primary N) is 1. The van der Waals surface area contributed by atoms with E-state index in [0.717, 1.165) is 18.5 Å². The van der Waals surface area contributed by atoms with Crippen molar-refractivity contribution in [1.82, 2.24) is 0 Å². The molecule has 2 unspecified atom stereocenters. The summed E-state index contributed by atoms with van der Waals surface area (Å²) in [5.74, 6) is 0. The van der Waals surface area contributed by atoms with Crippen LogP contribution in [0.2, 0.25) is 0 Å². The zero-order valence-corrected chi connectivity index (χ0v) is 11.4. The lowest BCUT2D eigenvalue weighted by Gasteiger charge is -2.36. The van der Waals surface area contributed by atoms with Crippen LogP contribution in [0.25, 0.3) is 0 Å². The number of rotatable bonds is 3. The Morgan fingerprint density at radius 1 is 1.10 bits per heavy atom. The van der Waals surface area contributed by atoms with Gasteiger partial charge in [-0.25, -0.2) is 0 Å². The van der Waals surface area contributed by atoms with E-state index in [4.69, 9.17) is 5.73 Å². The number of hydrogen-bond donors (Lipinski definition) is 2. The van der Waals surface area contributed by atoms with E-state index in [0.29, 0.717) is 6.54 Å². The lowest BCUT2D eigenvalue weighted by atomic mass is 9.97. The first-order chi connectivity index (χ1) is 9.74. The molecule has 0 saturated heterocycles. The third-order valence-electron chi connectivity index (χ3n) is 3.85. The van der Waals surface area contributed by atoms with Crippen molar-refractivity contribution in [2.45, 2.75) is 18.6 Å². The molecule has 1 heterocycles. The fourth-order valence-electron chi connectivity index (χ4n) is 2.88. The van der Waals surface area contributed by atoms with E-state index in [9.17, 15) is 5.11 Å². The predicted molar refractivity (Wildman–Crippen MR) is 81.7 cm³/mol. The van der Waals surface area contributed by atoms with E-state index in [1.54, 1.807) is 0 Å². The smallest absolute Gasteiger partial charge is 0.0964 e. The van der Waals surface area contributed by atoms with Crippen molar-refractivity contribution in [1.29, 1.82) is 0 Å².